The van der Waals surface area contributed by atoms with Gasteiger partial charge in [0.05, 0.1) is 11.9 Å². The van der Waals surface area contributed by atoms with Gasteiger partial charge in [0, 0.05) is 17.0 Å². The van der Waals surface area contributed by atoms with Crippen molar-refractivity contribution in [2.24, 2.45) is 0 Å². The second kappa shape index (κ2) is 9.31. The first-order chi connectivity index (χ1) is 15.0. The monoisotopic (exact) mass is 440 g/mol. The zero-order valence-corrected chi connectivity index (χ0v) is 17.5. The van der Waals surface area contributed by atoms with Gasteiger partial charge in [-0.15, -0.1) is 0 Å². The summed E-state index contributed by atoms with van der Waals surface area (Å²) in [7, 11) is 0. The molecule has 0 aliphatic carbocycles. The molecule has 0 saturated carbocycles. The summed E-state index contributed by atoms with van der Waals surface area (Å²) in [5.41, 5.74) is 4.76. The Labute approximate surface area is 182 Å². The number of nitrogens with zero attached hydrogens (tertiary/aromatic N) is 2. The van der Waals surface area contributed by atoms with Crippen LogP contribution < -0.4 is 4.74 Å². The van der Waals surface area contributed by atoms with Gasteiger partial charge in [-0.2, -0.15) is 8.78 Å². The normalized spacial score (nSPS) is 11.1. The second-order valence-corrected chi connectivity index (χ2v) is 7.86. The van der Waals surface area contributed by atoms with Crippen LogP contribution in [0.2, 0.25) is 0 Å². The van der Waals surface area contributed by atoms with Gasteiger partial charge in [0.1, 0.15) is 11.6 Å². The molecule has 3 aromatic carbocycles. The Morgan fingerprint density at radius 2 is 1.61 bits per heavy atom. The van der Waals surface area contributed by atoms with Crippen LogP contribution in [-0.2, 0) is 5.75 Å². The SMILES string of the molecule is Cc1ccc(-c2cnc(SCc3ccc(F)cc3)n2-c2ccc(OC(F)F)cc2)cc1. The third-order valence-electron chi connectivity index (χ3n) is 4.68. The third kappa shape index (κ3) is 5.11. The van der Waals surface area contributed by atoms with Crippen molar-refractivity contribution in [3.05, 3.63) is 95.9 Å². The summed E-state index contributed by atoms with van der Waals surface area (Å²) in [6, 6.07) is 20.9. The van der Waals surface area contributed by atoms with Crippen molar-refractivity contribution in [2.75, 3.05) is 0 Å². The summed E-state index contributed by atoms with van der Waals surface area (Å²) in [6.45, 7) is -0.851. The summed E-state index contributed by atoms with van der Waals surface area (Å²) in [5.74, 6) is 0.427. The minimum Gasteiger partial charge on any atom is -0.435 e. The van der Waals surface area contributed by atoms with Gasteiger partial charge in [-0.1, -0.05) is 53.7 Å². The molecule has 3 nitrogen and oxygen atoms in total. The van der Waals surface area contributed by atoms with Crippen molar-refractivity contribution in [2.45, 2.75) is 24.4 Å². The highest BCUT2D eigenvalue weighted by Crippen LogP contribution is 2.32. The van der Waals surface area contributed by atoms with Crippen molar-refractivity contribution < 1.29 is 17.9 Å². The molecule has 0 fully saturated rings. The van der Waals surface area contributed by atoms with E-state index in [0.717, 1.165) is 33.2 Å². The average molecular weight is 440 g/mol. The van der Waals surface area contributed by atoms with Crippen LogP contribution in [0, 0.1) is 12.7 Å². The summed E-state index contributed by atoms with van der Waals surface area (Å²) in [6.07, 6.45) is 1.79. The molecule has 1 heterocycles. The lowest BCUT2D eigenvalue weighted by Crippen LogP contribution is -2.03. The molecule has 0 radical (unpaired) electrons. The molecular weight excluding hydrogens is 421 g/mol. The zero-order valence-electron chi connectivity index (χ0n) is 16.6. The number of benzene rings is 3. The van der Waals surface area contributed by atoms with Crippen LogP contribution in [0.25, 0.3) is 16.9 Å². The van der Waals surface area contributed by atoms with Gasteiger partial charge >= 0.3 is 6.61 Å². The molecule has 0 N–H and O–H groups in total. The molecule has 0 spiro atoms. The van der Waals surface area contributed by atoms with Crippen LogP contribution in [0.1, 0.15) is 11.1 Å². The van der Waals surface area contributed by atoms with Gasteiger partial charge < -0.3 is 4.74 Å². The van der Waals surface area contributed by atoms with Gasteiger partial charge in [-0.3, -0.25) is 4.57 Å². The van der Waals surface area contributed by atoms with Crippen molar-refractivity contribution >= 4 is 11.8 Å². The highest BCUT2D eigenvalue weighted by atomic mass is 32.2. The Hall–Kier alpha value is -3.19. The van der Waals surface area contributed by atoms with E-state index < -0.39 is 6.61 Å². The average Bonchev–Trinajstić information content (AvgIpc) is 3.18. The van der Waals surface area contributed by atoms with E-state index in [1.807, 2.05) is 35.8 Å². The number of halogens is 3. The standard InChI is InChI=1S/C24H19F3N2OS/c1-16-2-6-18(7-3-16)22-14-28-24(31-15-17-4-8-19(25)9-5-17)29(22)20-10-12-21(13-11-20)30-23(26)27/h2-14,23H,15H2,1H3. The van der Waals surface area contributed by atoms with Gasteiger partial charge in [0.25, 0.3) is 0 Å². The van der Waals surface area contributed by atoms with E-state index >= 15 is 0 Å². The van der Waals surface area contributed by atoms with Crippen LogP contribution >= 0.6 is 11.8 Å². The van der Waals surface area contributed by atoms with E-state index in [-0.39, 0.29) is 11.6 Å². The highest BCUT2D eigenvalue weighted by molar-refractivity contribution is 7.98. The number of hydrogen-bond acceptors (Lipinski definition) is 3. The van der Waals surface area contributed by atoms with E-state index in [9.17, 15) is 13.2 Å². The molecule has 0 atom stereocenters. The molecule has 4 rings (SSSR count). The fraction of sp³-hybridized carbons (Fsp3) is 0.125. The van der Waals surface area contributed by atoms with E-state index in [1.54, 1.807) is 30.5 Å². The molecule has 0 bridgehead atoms. The number of hydrogen-bond donors (Lipinski definition) is 0. The summed E-state index contributed by atoms with van der Waals surface area (Å²) in [4.78, 5) is 4.60. The molecule has 1 aromatic heterocycles. The smallest absolute Gasteiger partial charge is 0.387 e. The Morgan fingerprint density at radius 3 is 2.26 bits per heavy atom. The van der Waals surface area contributed by atoms with Crippen molar-refractivity contribution in [3.63, 3.8) is 0 Å². The number of ether oxygens (including phenoxy) is 1. The van der Waals surface area contributed by atoms with E-state index in [2.05, 4.69) is 9.72 Å². The molecule has 0 aliphatic heterocycles. The minimum atomic E-state index is -2.87. The Bertz CT molecular complexity index is 1140. The van der Waals surface area contributed by atoms with Crippen LogP contribution in [0.4, 0.5) is 13.2 Å². The Kier molecular flexibility index (Phi) is 6.32. The van der Waals surface area contributed by atoms with E-state index in [1.165, 1.54) is 36.0 Å². The first-order valence-corrected chi connectivity index (χ1v) is 10.6. The number of imidazole rings is 1. The molecule has 4 aromatic rings. The predicted octanol–water partition coefficient (Wildman–Crippen LogP) is 6.88. The second-order valence-electron chi connectivity index (χ2n) is 6.91. The van der Waals surface area contributed by atoms with Crippen LogP contribution in [0.3, 0.4) is 0 Å². The van der Waals surface area contributed by atoms with Gasteiger partial charge in [0.15, 0.2) is 5.16 Å². The number of rotatable bonds is 7. The first-order valence-electron chi connectivity index (χ1n) is 9.57. The van der Waals surface area contributed by atoms with Crippen molar-refractivity contribution in [1.29, 1.82) is 0 Å². The maximum atomic E-state index is 13.2. The van der Waals surface area contributed by atoms with Crippen molar-refractivity contribution in [1.82, 2.24) is 9.55 Å². The first kappa shape index (κ1) is 21.1. The number of aromatic nitrogens is 2. The zero-order chi connectivity index (χ0) is 21.8. The van der Waals surface area contributed by atoms with Crippen LogP contribution in [0.15, 0.2) is 84.1 Å². The summed E-state index contributed by atoms with van der Waals surface area (Å²) < 4.78 is 44.6. The molecule has 0 amide bonds. The van der Waals surface area contributed by atoms with Crippen molar-refractivity contribution in [3.8, 4) is 22.7 Å². The number of aryl methyl sites for hydroxylation is 1. The minimum absolute atomic E-state index is 0.0938. The summed E-state index contributed by atoms with van der Waals surface area (Å²) in [5, 5.41) is 0.738. The number of thioether (sulfide) groups is 1. The molecule has 158 valence electrons. The van der Waals surface area contributed by atoms with Crippen LogP contribution in [0.5, 0.6) is 5.75 Å². The van der Waals surface area contributed by atoms with Gasteiger partial charge in [-0.05, 0) is 48.9 Å². The molecule has 0 aliphatic rings. The quantitative estimate of drug-likeness (QED) is 0.293. The number of alkyl halides is 2. The maximum absolute atomic E-state index is 13.2. The molecule has 0 unspecified atom stereocenters. The highest BCUT2D eigenvalue weighted by Gasteiger charge is 2.15. The molecular formula is C24H19F3N2OS. The van der Waals surface area contributed by atoms with E-state index in [0.29, 0.717) is 5.75 Å². The topological polar surface area (TPSA) is 27.1 Å². The fourth-order valence-electron chi connectivity index (χ4n) is 3.12. The van der Waals surface area contributed by atoms with E-state index in [4.69, 9.17) is 0 Å². The fourth-order valence-corrected chi connectivity index (χ4v) is 4.07. The lowest BCUT2D eigenvalue weighted by atomic mass is 10.1. The largest absolute Gasteiger partial charge is 0.435 e. The molecule has 0 saturated heterocycles. The summed E-state index contributed by atoms with van der Waals surface area (Å²) >= 11 is 1.51. The molecule has 7 heteroatoms. The van der Waals surface area contributed by atoms with Crippen LogP contribution in [-0.4, -0.2) is 16.2 Å². The Morgan fingerprint density at radius 1 is 0.935 bits per heavy atom. The van der Waals surface area contributed by atoms with Gasteiger partial charge in [-0.25, -0.2) is 9.37 Å². The third-order valence-corrected chi connectivity index (χ3v) is 5.70. The van der Waals surface area contributed by atoms with Gasteiger partial charge in [0.2, 0.25) is 0 Å². The lowest BCUT2D eigenvalue weighted by molar-refractivity contribution is -0.0498. The maximum Gasteiger partial charge on any atom is 0.387 e. The lowest BCUT2D eigenvalue weighted by Gasteiger charge is -2.13. The predicted molar refractivity (Wildman–Crippen MR) is 116 cm³/mol. The Balaban J connectivity index is 1.69. The molecule has 31 heavy (non-hydrogen) atoms.